The Labute approximate surface area is 159 Å². The van der Waals surface area contributed by atoms with Gasteiger partial charge in [-0.05, 0) is 67.9 Å². The normalized spacial score (nSPS) is 19.0. The van der Waals surface area contributed by atoms with Crippen molar-refractivity contribution in [1.29, 1.82) is 0 Å². The van der Waals surface area contributed by atoms with Crippen LogP contribution < -0.4 is 10.3 Å². The minimum Gasteiger partial charge on any atom is -0.497 e. The topological polar surface area (TPSA) is 51.5 Å². The molecule has 1 aliphatic heterocycles. The number of aromatic nitrogens is 1. The lowest BCUT2D eigenvalue weighted by atomic mass is 9.94. The van der Waals surface area contributed by atoms with E-state index in [-0.39, 0.29) is 17.5 Å². The third kappa shape index (κ3) is 3.15. The number of methoxy groups -OCH3 is 1. The maximum absolute atomic E-state index is 13.3. The zero-order chi connectivity index (χ0) is 19.0. The van der Waals surface area contributed by atoms with Gasteiger partial charge < -0.3 is 14.2 Å². The van der Waals surface area contributed by atoms with Crippen LogP contribution in [-0.4, -0.2) is 29.0 Å². The molecule has 0 saturated carbocycles. The number of benzene rings is 1. The maximum Gasteiger partial charge on any atom is 0.263 e. The van der Waals surface area contributed by atoms with E-state index in [1.165, 1.54) is 0 Å². The molecule has 1 saturated heterocycles. The standard InChI is InChI=1S/C22H26N2O3/c1-23-19-10-4-3-7-16(19)14-18(21(23)25)22(26)24-12-6-11-20(24)15-8-5-9-17(13-15)27-2/h5,8-9,13-14,20H,3-4,6-7,10-12H2,1-2H3. The third-order valence-corrected chi connectivity index (χ3v) is 5.96. The van der Waals surface area contributed by atoms with E-state index in [2.05, 4.69) is 0 Å². The molecule has 2 aliphatic rings. The van der Waals surface area contributed by atoms with Crippen molar-refractivity contribution in [1.82, 2.24) is 9.47 Å². The lowest BCUT2D eigenvalue weighted by Crippen LogP contribution is -2.37. The highest BCUT2D eigenvalue weighted by Gasteiger charge is 2.33. The van der Waals surface area contributed by atoms with Gasteiger partial charge >= 0.3 is 0 Å². The molecule has 0 bridgehead atoms. The van der Waals surface area contributed by atoms with Gasteiger partial charge in [-0.3, -0.25) is 9.59 Å². The second-order valence-corrected chi connectivity index (χ2v) is 7.53. The van der Waals surface area contributed by atoms with Crippen molar-refractivity contribution < 1.29 is 9.53 Å². The molecular formula is C22H26N2O3. The Kier molecular flexibility index (Phi) is 4.77. The number of carbonyl (C=O) groups is 1. The number of ether oxygens (including phenoxy) is 1. The van der Waals surface area contributed by atoms with Gasteiger partial charge in [-0.2, -0.15) is 0 Å². The molecule has 0 radical (unpaired) electrons. The van der Waals surface area contributed by atoms with Crippen LogP contribution in [0.2, 0.25) is 0 Å². The van der Waals surface area contributed by atoms with Gasteiger partial charge in [0.05, 0.1) is 13.2 Å². The smallest absolute Gasteiger partial charge is 0.263 e. The molecule has 27 heavy (non-hydrogen) atoms. The fraction of sp³-hybridized carbons (Fsp3) is 0.455. The van der Waals surface area contributed by atoms with Crippen LogP contribution in [0, 0.1) is 0 Å². The van der Waals surface area contributed by atoms with E-state index in [1.807, 2.05) is 35.2 Å². The van der Waals surface area contributed by atoms with Gasteiger partial charge in [0, 0.05) is 19.3 Å². The number of rotatable bonds is 3. The van der Waals surface area contributed by atoms with E-state index in [1.54, 1.807) is 18.7 Å². The second-order valence-electron chi connectivity index (χ2n) is 7.53. The number of pyridine rings is 1. The monoisotopic (exact) mass is 366 g/mol. The summed E-state index contributed by atoms with van der Waals surface area (Å²) in [6.07, 6.45) is 5.95. The number of fused-ring (bicyclic) bond motifs is 1. The van der Waals surface area contributed by atoms with Crippen LogP contribution in [0.25, 0.3) is 0 Å². The highest BCUT2D eigenvalue weighted by molar-refractivity contribution is 5.94. The Morgan fingerprint density at radius 3 is 2.78 bits per heavy atom. The van der Waals surface area contributed by atoms with Crippen LogP contribution in [0.15, 0.2) is 35.1 Å². The van der Waals surface area contributed by atoms with E-state index < -0.39 is 0 Å². The summed E-state index contributed by atoms with van der Waals surface area (Å²) in [5, 5.41) is 0. The molecular weight excluding hydrogens is 340 g/mol. The van der Waals surface area contributed by atoms with Crippen molar-refractivity contribution in [2.24, 2.45) is 7.05 Å². The SMILES string of the molecule is COc1cccc(C2CCCN2C(=O)c2cc3c(n(C)c2=O)CCCC3)c1. The number of likely N-dealkylation sites (tertiary alicyclic amines) is 1. The van der Waals surface area contributed by atoms with Crippen LogP contribution in [0.3, 0.4) is 0 Å². The van der Waals surface area contributed by atoms with Crippen LogP contribution in [-0.2, 0) is 19.9 Å². The van der Waals surface area contributed by atoms with Gasteiger partial charge in [-0.1, -0.05) is 12.1 Å². The Hall–Kier alpha value is -2.56. The third-order valence-electron chi connectivity index (χ3n) is 5.96. The average molecular weight is 366 g/mol. The Bertz CT molecular complexity index is 932. The fourth-order valence-corrected chi connectivity index (χ4v) is 4.50. The Morgan fingerprint density at radius 2 is 1.96 bits per heavy atom. The van der Waals surface area contributed by atoms with Crippen molar-refractivity contribution in [3.63, 3.8) is 0 Å². The molecule has 1 amide bonds. The Balaban J connectivity index is 1.69. The Morgan fingerprint density at radius 1 is 1.15 bits per heavy atom. The fourth-order valence-electron chi connectivity index (χ4n) is 4.50. The van der Waals surface area contributed by atoms with E-state index in [0.717, 1.165) is 61.1 Å². The zero-order valence-electron chi connectivity index (χ0n) is 16.0. The summed E-state index contributed by atoms with van der Waals surface area (Å²) >= 11 is 0. The minimum atomic E-state index is -0.169. The minimum absolute atomic E-state index is 0.00617. The van der Waals surface area contributed by atoms with Crippen LogP contribution in [0.5, 0.6) is 5.75 Å². The largest absolute Gasteiger partial charge is 0.497 e. The first-order valence-corrected chi connectivity index (χ1v) is 9.77. The molecule has 1 aromatic heterocycles. The molecule has 2 heterocycles. The van der Waals surface area contributed by atoms with Crippen molar-refractivity contribution in [2.75, 3.05) is 13.7 Å². The maximum atomic E-state index is 13.3. The molecule has 0 N–H and O–H groups in total. The predicted molar refractivity (Wildman–Crippen MR) is 104 cm³/mol. The van der Waals surface area contributed by atoms with Crippen LogP contribution in [0.1, 0.15) is 58.9 Å². The summed E-state index contributed by atoms with van der Waals surface area (Å²) in [4.78, 5) is 28.1. The predicted octanol–water partition coefficient (Wildman–Crippen LogP) is 3.25. The van der Waals surface area contributed by atoms with Gasteiger partial charge in [0.25, 0.3) is 11.5 Å². The van der Waals surface area contributed by atoms with Gasteiger partial charge in [0.15, 0.2) is 0 Å². The van der Waals surface area contributed by atoms with Crippen molar-refractivity contribution >= 4 is 5.91 Å². The zero-order valence-corrected chi connectivity index (χ0v) is 16.0. The number of hydrogen-bond donors (Lipinski definition) is 0. The van der Waals surface area contributed by atoms with Crippen molar-refractivity contribution in [3.05, 3.63) is 63.1 Å². The van der Waals surface area contributed by atoms with Gasteiger partial charge in [-0.15, -0.1) is 0 Å². The summed E-state index contributed by atoms with van der Waals surface area (Å²) in [7, 11) is 3.44. The first-order valence-electron chi connectivity index (χ1n) is 9.77. The number of hydrogen-bond acceptors (Lipinski definition) is 3. The molecule has 1 aliphatic carbocycles. The van der Waals surface area contributed by atoms with Gasteiger partial charge in [0.1, 0.15) is 11.3 Å². The number of aryl methyl sites for hydroxylation is 1. The first kappa shape index (κ1) is 17.8. The van der Waals surface area contributed by atoms with E-state index in [0.29, 0.717) is 12.1 Å². The number of nitrogens with zero attached hydrogens (tertiary/aromatic N) is 2. The summed E-state index contributed by atoms with van der Waals surface area (Å²) in [6, 6.07) is 9.73. The highest BCUT2D eigenvalue weighted by Crippen LogP contribution is 2.34. The highest BCUT2D eigenvalue weighted by atomic mass is 16.5. The van der Waals surface area contributed by atoms with E-state index >= 15 is 0 Å². The molecule has 1 fully saturated rings. The molecule has 0 spiro atoms. The summed E-state index contributed by atoms with van der Waals surface area (Å²) in [5.74, 6) is 0.644. The second kappa shape index (κ2) is 7.22. The molecule has 4 rings (SSSR count). The molecule has 142 valence electrons. The molecule has 1 unspecified atom stereocenters. The lowest BCUT2D eigenvalue weighted by Gasteiger charge is -2.26. The quantitative estimate of drug-likeness (QED) is 0.838. The van der Waals surface area contributed by atoms with Gasteiger partial charge in [-0.25, -0.2) is 0 Å². The molecule has 1 atom stereocenters. The van der Waals surface area contributed by atoms with Crippen molar-refractivity contribution in [3.8, 4) is 5.75 Å². The average Bonchev–Trinajstić information content (AvgIpc) is 3.20. The summed E-state index contributed by atoms with van der Waals surface area (Å²) in [5.41, 5.74) is 3.46. The molecule has 1 aromatic carbocycles. The molecule has 2 aromatic rings. The van der Waals surface area contributed by atoms with Crippen molar-refractivity contribution in [2.45, 2.75) is 44.6 Å². The van der Waals surface area contributed by atoms with E-state index in [9.17, 15) is 9.59 Å². The van der Waals surface area contributed by atoms with Crippen LogP contribution in [0.4, 0.5) is 0 Å². The first-order chi connectivity index (χ1) is 13.1. The lowest BCUT2D eigenvalue weighted by molar-refractivity contribution is 0.0732. The van der Waals surface area contributed by atoms with Crippen LogP contribution >= 0.6 is 0 Å². The van der Waals surface area contributed by atoms with Gasteiger partial charge in [0.2, 0.25) is 0 Å². The summed E-state index contributed by atoms with van der Waals surface area (Å²) < 4.78 is 7.03. The molecule has 5 heteroatoms. The number of carbonyl (C=O) groups excluding carboxylic acids is 1. The number of amides is 1. The van der Waals surface area contributed by atoms with E-state index in [4.69, 9.17) is 4.74 Å². The summed E-state index contributed by atoms with van der Waals surface area (Å²) in [6.45, 7) is 0.681. The molecule has 5 nitrogen and oxygen atoms in total.